The van der Waals surface area contributed by atoms with Crippen molar-refractivity contribution >= 4 is 17.7 Å². The van der Waals surface area contributed by atoms with E-state index in [1.807, 2.05) is 0 Å². The van der Waals surface area contributed by atoms with Crippen molar-refractivity contribution in [1.29, 1.82) is 0 Å². The molecule has 0 radical (unpaired) electrons. The number of hydrogen-bond acceptors (Lipinski definition) is 6. The van der Waals surface area contributed by atoms with Crippen LogP contribution in [0.4, 0.5) is 4.39 Å². The van der Waals surface area contributed by atoms with Crippen LogP contribution in [0.2, 0.25) is 0 Å². The van der Waals surface area contributed by atoms with Gasteiger partial charge in [0.05, 0.1) is 12.2 Å². The summed E-state index contributed by atoms with van der Waals surface area (Å²) in [6.07, 6.45) is 3.20. The molecular formula is C20H29FO6S. The minimum atomic E-state index is -0.968. The molecule has 1 fully saturated rings. The number of halogens is 1. The first kappa shape index (κ1) is 22.9. The number of aliphatic hydroxyl groups excluding tert-OH is 2. The largest absolute Gasteiger partial charge is 0.491 e. The van der Waals surface area contributed by atoms with Gasteiger partial charge in [-0.15, -0.1) is 0 Å². The van der Waals surface area contributed by atoms with E-state index in [1.54, 1.807) is 11.8 Å². The van der Waals surface area contributed by atoms with Gasteiger partial charge in [-0.05, 0) is 55.9 Å². The van der Waals surface area contributed by atoms with Crippen LogP contribution in [0.25, 0.3) is 0 Å². The number of thioether (sulfide) groups is 1. The zero-order valence-corrected chi connectivity index (χ0v) is 16.7. The number of ether oxygens (including phenoxy) is 2. The van der Waals surface area contributed by atoms with E-state index < -0.39 is 12.1 Å². The molecule has 0 heterocycles. The number of unbranched alkanes of at least 4 members (excludes halogenated alkanes) is 1. The molecule has 4 atom stereocenters. The highest BCUT2D eigenvalue weighted by molar-refractivity contribution is 7.99. The van der Waals surface area contributed by atoms with Crippen molar-refractivity contribution in [1.82, 2.24) is 0 Å². The average molecular weight is 417 g/mol. The Bertz CT molecular complexity index is 585. The van der Waals surface area contributed by atoms with Crippen LogP contribution >= 0.6 is 11.8 Å². The number of aliphatic carboxylic acids is 1. The third kappa shape index (κ3) is 8.34. The Morgan fingerprint density at radius 2 is 2.00 bits per heavy atom. The first-order valence-electron chi connectivity index (χ1n) is 9.61. The van der Waals surface area contributed by atoms with Crippen LogP contribution in [0.3, 0.4) is 0 Å². The lowest BCUT2D eigenvalue weighted by Crippen LogP contribution is -2.25. The molecule has 0 amide bonds. The highest BCUT2D eigenvalue weighted by Gasteiger charge is 2.34. The Hall–Kier alpha value is -1.35. The van der Waals surface area contributed by atoms with Gasteiger partial charge in [0.1, 0.15) is 24.8 Å². The SMILES string of the molecule is O=C(O)COCCCCC1C(O)CCC1SCC(O)COc1ccc(F)cc1. The third-order valence-electron chi connectivity index (χ3n) is 4.78. The number of carboxylic acids is 1. The fourth-order valence-corrected chi connectivity index (χ4v) is 4.78. The van der Waals surface area contributed by atoms with Crippen molar-refractivity contribution in [2.24, 2.45) is 5.92 Å². The summed E-state index contributed by atoms with van der Waals surface area (Å²) in [5.41, 5.74) is 0. The molecule has 158 valence electrons. The zero-order chi connectivity index (χ0) is 20.4. The Morgan fingerprint density at radius 3 is 2.71 bits per heavy atom. The number of aliphatic hydroxyl groups is 2. The van der Waals surface area contributed by atoms with Crippen LogP contribution in [0.15, 0.2) is 24.3 Å². The van der Waals surface area contributed by atoms with E-state index >= 15 is 0 Å². The van der Waals surface area contributed by atoms with Gasteiger partial charge in [-0.25, -0.2) is 9.18 Å². The third-order valence-corrected chi connectivity index (χ3v) is 6.37. The highest BCUT2D eigenvalue weighted by atomic mass is 32.2. The molecule has 0 aromatic heterocycles. The summed E-state index contributed by atoms with van der Waals surface area (Å²) >= 11 is 1.65. The summed E-state index contributed by atoms with van der Waals surface area (Å²) in [4.78, 5) is 10.4. The molecule has 0 spiro atoms. The van der Waals surface area contributed by atoms with Gasteiger partial charge in [-0.1, -0.05) is 6.42 Å². The maximum absolute atomic E-state index is 12.9. The van der Waals surface area contributed by atoms with E-state index in [0.717, 1.165) is 32.1 Å². The number of rotatable bonds is 13. The molecule has 3 N–H and O–H groups in total. The molecule has 1 aromatic rings. The number of benzene rings is 1. The summed E-state index contributed by atoms with van der Waals surface area (Å²) in [5.74, 6) is -0.0941. The van der Waals surface area contributed by atoms with E-state index in [2.05, 4.69) is 0 Å². The average Bonchev–Trinajstić information content (AvgIpc) is 3.02. The molecule has 8 heteroatoms. The summed E-state index contributed by atoms with van der Waals surface area (Å²) < 4.78 is 23.4. The maximum atomic E-state index is 12.9. The first-order valence-corrected chi connectivity index (χ1v) is 10.7. The van der Waals surface area contributed by atoms with Gasteiger partial charge in [0.15, 0.2) is 0 Å². The van der Waals surface area contributed by atoms with Crippen LogP contribution in [-0.4, -0.2) is 64.3 Å². The van der Waals surface area contributed by atoms with Crippen LogP contribution in [0.1, 0.15) is 32.1 Å². The molecular weight excluding hydrogens is 387 g/mol. The predicted molar refractivity (Wildman–Crippen MR) is 105 cm³/mol. The fourth-order valence-electron chi connectivity index (χ4n) is 3.35. The van der Waals surface area contributed by atoms with Gasteiger partial charge in [0.2, 0.25) is 0 Å². The Morgan fingerprint density at radius 1 is 1.25 bits per heavy atom. The number of carbonyl (C=O) groups is 1. The van der Waals surface area contributed by atoms with Crippen molar-refractivity contribution in [2.75, 3.05) is 25.6 Å². The second kappa shape index (κ2) is 12.3. The predicted octanol–water partition coefficient (Wildman–Crippen LogP) is 2.71. The summed E-state index contributed by atoms with van der Waals surface area (Å²) in [7, 11) is 0. The Labute approximate surface area is 169 Å². The number of hydrogen-bond donors (Lipinski definition) is 3. The molecule has 28 heavy (non-hydrogen) atoms. The van der Waals surface area contributed by atoms with Crippen molar-refractivity contribution in [3.8, 4) is 5.75 Å². The molecule has 1 aliphatic carbocycles. The number of carboxylic acid groups (broad SMARTS) is 1. The molecule has 1 aliphatic rings. The van der Waals surface area contributed by atoms with Gasteiger partial charge in [0, 0.05) is 17.6 Å². The Kier molecular flexibility index (Phi) is 10.0. The molecule has 4 unspecified atom stereocenters. The smallest absolute Gasteiger partial charge is 0.329 e. The molecule has 0 bridgehead atoms. The van der Waals surface area contributed by atoms with Gasteiger partial charge >= 0.3 is 5.97 Å². The van der Waals surface area contributed by atoms with E-state index in [4.69, 9.17) is 14.6 Å². The van der Waals surface area contributed by atoms with Crippen molar-refractivity contribution < 1.29 is 34.0 Å². The lowest BCUT2D eigenvalue weighted by molar-refractivity contribution is -0.142. The van der Waals surface area contributed by atoms with E-state index in [0.29, 0.717) is 18.1 Å². The minimum absolute atomic E-state index is 0.138. The maximum Gasteiger partial charge on any atom is 0.329 e. The van der Waals surface area contributed by atoms with Crippen molar-refractivity contribution in [3.63, 3.8) is 0 Å². The van der Waals surface area contributed by atoms with E-state index in [1.165, 1.54) is 24.3 Å². The van der Waals surface area contributed by atoms with Gasteiger partial charge in [-0.2, -0.15) is 11.8 Å². The standard InChI is InChI=1S/C20H29FO6S/c21-14-4-6-16(7-5-14)27-11-15(22)13-28-19-9-8-18(23)17(19)3-1-2-10-26-12-20(24)25/h4-7,15,17-19,22-23H,1-3,8-13H2,(H,24,25). The molecule has 0 saturated heterocycles. The second-order valence-corrected chi connectivity index (χ2v) is 8.31. The van der Waals surface area contributed by atoms with Crippen LogP contribution < -0.4 is 4.74 Å². The van der Waals surface area contributed by atoms with Crippen molar-refractivity contribution in [2.45, 2.75) is 49.6 Å². The van der Waals surface area contributed by atoms with Gasteiger partial charge in [-0.3, -0.25) is 0 Å². The van der Waals surface area contributed by atoms with Crippen molar-refractivity contribution in [3.05, 3.63) is 30.1 Å². The zero-order valence-electron chi connectivity index (χ0n) is 15.8. The summed E-state index contributed by atoms with van der Waals surface area (Å²) in [6.45, 7) is 0.272. The van der Waals surface area contributed by atoms with Gasteiger partial charge < -0.3 is 24.8 Å². The lowest BCUT2D eigenvalue weighted by Gasteiger charge is -2.23. The lowest BCUT2D eigenvalue weighted by atomic mass is 9.98. The van der Waals surface area contributed by atoms with E-state index in [-0.39, 0.29) is 36.3 Å². The van der Waals surface area contributed by atoms with Crippen LogP contribution in [0, 0.1) is 11.7 Å². The molecule has 2 rings (SSSR count). The minimum Gasteiger partial charge on any atom is -0.491 e. The normalized spacial score (nSPS) is 22.9. The van der Waals surface area contributed by atoms with E-state index in [9.17, 15) is 19.4 Å². The topological polar surface area (TPSA) is 96.2 Å². The second-order valence-electron chi connectivity index (χ2n) is 7.04. The highest BCUT2D eigenvalue weighted by Crippen LogP contribution is 2.38. The van der Waals surface area contributed by atoms with Gasteiger partial charge in [0.25, 0.3) is 0 Å². The molecule has 1 saturated carbocycles. The fraction of sp³-hybridized carbons (Fsp3) is 0.650. The monoisotopic (exact) mass is 416 g/mol. The molecule has 1 aromatic carbocycles. The summed E-state index contributed by atoms with van der Waals surface area (Å²) in [5, 5.41) is 29.2. The van der Waals surface area contributed by atoms with Crippen LogP contribution in [0.5, 0.6) is 5.75 Å². The quantitative estimate of drug-likeness (QED) is 0.426. The molecule has 0 aliphatic heterocycles. The summed E-state index contributed by atoms with van der Waals surface area (Å²) in [6, 6.07) is 5.68. The molecule has 6 nitrogen and oxygen atoms in total. The van der Waals surface area contributed by atoms with Crippen LogP contribution in [-0.2, 0) is 9.53 Å². The Balaban J connectivity index is 1.63. The first-order chi connectivity index (χ1) is 13.5.